The van der Waals surface area contributed by atoms with Crippen LogP contribution in [0.3, 0.4) is 0 Å². The molecule has 0 amide bonds. The van der Waals surface area contributed by atoms with Gasteiger partial charge in [0.05, 0.1) is 0 Å². The maximum atomic E-state index is 4.37. The van der Waals surface area contributed by atoms with Crippen LogP contribution >= 0.6 is 11.8 Å². The van der Waals surface area contributed by atoms with E-state index in [1.54, 1.807) is 0 Å². The standard InChI is InChI=1S/C13H22N4S/c1-2-7-12-15-16-13(17(12)9-5-1)18-10-11-6-3-4-8-14-11/h11,14H,1-10H2. The van der Waals surface area contributed by atoms with Crippen molar-refractivity contribution in [3.8, 4) is 0 Å². The van der Waals surface area contributed by atoms with E-state index in [1.807, 2.05) is 11.8 Å². The lowest BCUT2D eigenvalue weighted by molar-refractivity contribution is 0.429. The lowest BCUT2D eigenvalue weighted by atomic mass is 10.1. The third-order valence-corrected chi connectivity index (χ3v) is 5.03. The molecule has 4 nitrogen and oxygen atoms in total. The highest BCUT2D eigenvalue weighted by atomic mass is 32.2. The summed E-state index contributed by atoms with van der Waals surface area (Å²) in [5.74, 6) is 2.34. The quantitative estimate of drug-likeness (QED) is 0.852. The molecule has 1 fully saturated rings. The average molecular weight is 266 g/mol. The first-order valence-electron chi connectivity index (χ1n) is 7.22. The van der Waals surface area contributed by atoms with Gasteiger partial charge in [0.1, 0.15) is 5.82 Å². The molecule has 5 heteroatoms. The highest BCUT2D eigenvalue weighted by Gasteiger charge is 2.17. The summed E-state index contributed by atoms with van der Waals surface area (Å²) in [6.45, 7) is 2.30. The summed E-state index contributed by atoms with van der Waals surface area (Å²) in [5, 5.41) is 13.5. The summed E-state index contributed by atoms with van der Waals surface area (Å²) in [5.41, 5.74) is 0. The first-order chi connectivity index (χ1) is 8.93. The smallest absolute Gasteiger partial charge is 0.191 e. The van der Waals surface area contributed by atoms with Crippen LogP contribution in [0.25, 0.3) is 0 Å². The molecule has 2 aliphatic heterocycles. The average Bonchev–Trinajstić information content (AvgIpc) is 2.65. The molecule has 1 aromatic heterocycles. The molecule has 0 saturated carbocycles. The first-order valence-corrected chi connectivity index (χ1v) is 8.20. The van der Waals surface area contributed by atoms with Gasteiger partial charge >= 0.3 is 0 Å². The molecule has 0 aliphatic carbocycles. The van der Waals surface area contributed by atoms with Gasteiger partial charge < -0.3 is 9.88 Å². The van der Waals surface area contributed by atoms with Gasteiger partial charge in [-0.15, -0.1) is 10.2 Å². The van der Waals surface area contributed by atoms with Gasteiger partial charge in [-0.1, -0.05) is 24.6 Å². The molecule has 1 saturated heterocycles. The summed E-state index contributed by atoms with van der Waals surface area (Å²) < 4.78 is 2.35. The van der Waals surface area contributed by atoms with Crippen molar-refractivity contribution in [3.05, 3.63) is 5.82 Å². The maximum absolute atomic E-state index is 4.37. The van der Waals surface area contributed by atoms with Gasteiger partial charge in [-0.25, -0.2) is 0 Å². The molecular weight excluding hydrogens is 244 g/mol. The topological polar surface area (TPSA) is 42.7 Å². The van der Waals surface area contributed by atoms with Crippen LogP contribution in [0.2, 0.25) is 0 Å². The van der Waals surface area contributed by atoms with Crippen LogP contribution in [0.15, 0.2) is 5.16 Å². The molecule has 1 aromatic rings. The fraction of sp³-hybridized carbons (Fsp3) is 0.846. The number of aromatic nitrogens is 3. The Labute approximate surface area is 113 Å². The lowest BCUT2D eigenvalue weighted by Crippen LogP contribution is -2.35. The van der Waals surface area contributed by atoms with Gasteiger partial charge in [0, 0.05) is 24.8 Å². The Kier molecular flexibility index (Phi) is 4.20. The van der Waals surface area contributed by atoms with Gasteiger partial charge in [-0.05, 0) is 32.2 Å². The summed E-state index contributed by atoms with van der Waals surface area (Å²) in [4.78, 5) is 0. The molecule has 1 N–H and O–H groups in total. The fourth-order valence-corrected chi connectivity index (χ4v) is 3.89. The van der Waals surface area contributed by atoms with E-state index < -0.39 is 0 Å². The molecule has 0 spiro atoms. The molecule has 1 atom stereocenters. The molecule has 18 heavy (non-hydrogen) atoms. The second-order valence-electron chi connectivity index (χ2n) is 5.32. The fourth-order valence-electron chi connectivity index (χ4n) is 2.81. The minimum Gasteiger partial charge on any atom is -0.313 e. The van der Waals surface area contributed by atoms with Crippen molar-refractivity contribution in [2.45, 2.75) is 62.7 Å². The molecule has 0 aromatic carbocycles. The molecular formula is C13H22N4S. The van der Waals surface area contributed by atoms with Crippen LogP contribution in [0.5, 0.6) is 0 Å². The van der Waals surface area contributed by atoms with Gasteiger partial charge in [0.2, 0.25) is 0 Å². The third kappa shape index (κ3) is 2.88. The molecule has 1 unspecified atom stereocenters. The van der Waals surface area contributed by atoms with Crippen LogP contribution in [0.1, 0.15) is 44.3 Å². The normalized spacial score (nSPS) is 24.6. The second-order valence-corrected chi connectivity index (χ2v) is 6.31. The predicted octanol–water partition coefficient (Wildman–Crippen LogP) is 2.24. The largest absolute Gasteiger partial charge is 0.313 e. The monoisotopic (exact) mass is 266 g/mol. The number of piperidine rings is 1. The van der Waals surface area contributed by atoms with Crippen molar-refractivity contribution < 1.29 is 0 Å². The molecule has 2 aliphatic rings. The molecule has 0 bridgehead atoms. The minimum absolute atomic E-state index is 0.669. The van der Waals surface area contributed by atoms with Crippen molar-refractivity contribution in [2.75, 3.05) is 12.3 Å². The lowest BCUT2D eigenvalue weighted by Gasteiger charge is -2.22. The van der Waals surface area contributed by atoms with Crippen LogP contribution in [0, 0.1) is 0 Å². The zero-order valence-corrected chi connectivity index (χ0v) is 11.7. The van der Waals surface area contributed by atoms with Crippen molar-refractivity contribution in [1.29, 1.82) is 0 Å². The Morgan fingerprint density at radius 1 is 1.17 bits per heavy atom. The van der Waals surface area contributed by atoms with Crippen LogP contribution in [-0.4, -0.2) is 33.1 Å². The van der Waals surface area contributed by atoms with Crippen LogP contribution < -0.4 is 5.32 Å². The zero-order chi connectivity index (χ0) is 12.2. The number of thioether (sulfide) groups is 1. The van der Waals surface area contributed by atoms with E-state index in [2.05, 4.69) is 20.1 Å². The Morgan fingerprint density at radius 3 is 3.06 bits per heavy atom. The number of hydrogen-bond donors (Lipinski definition) is 1. The highest BCUT2D eigenvalue weighted by molar-refractivity contribution is 7.99. The summed E-state index contributed by atoms with van der Waals surface area (Å²) in [7, 11) is 0. The van der Waals surface area contributed by atoms with Crippen molar-refractivity contribution in [3.63, 3.8) is 0 Å². The number of fused-ring (bicyclic) bond motifs is 1. The van der Waals surface area contributed by atoms with E-state index in [-0.39, 0.29) is 0 Å². The first kappa shape index (κ1) is 12.5. The van der Waals surface area contributed by atoms with E-state index in [0.717, 1.165) is 23.9 Å². The van der Waals surface area contributed by atoms with Crippen LogP contribution in [0.4, 0.5) is 0 Å². The second kappa shape index (κ2) is 6.06. The SMILES string of the molecule is C1CCc2nnc(SCC3CCCCN3)n2CC1. The number of hydrogen-bond acceptors (Lipinski definition) is 4. The van der Waals surface area contributed by atoms with E-state index in [1.165, 1.54) is 50.9 Å². The number of rotatable bonds is 3. The Bertz CT molecular complexity index is 384. The Morgan fingerprint density at radius 2 is 2.17 bits per heavy atom. The molecule has 100 valence electrons. The number of aryl methyl sites for hydroxylation is 1. The molecule has 3 rings (SSSR count). The Hall–Kier alpha value is -0.550. The Balaban J connectivity index is 1.60. The summed E-state index contributed by atoms with van der Waals surface area (Å²) in [6, 6.07) is 0.669. The maximum Gasteiger partial charge on any atom is 0.191 e. The number of nitrogens with zero attached hydrogens (tertiary/aromatic N) is 3. The predicted molar refractivity (Wildman–Crippen MR) is 73.9 cm³/mol. The minimum atomic E-state index is 0.669. The van der Waals surface area contributed by atoms with E-state index in [0.29, 0.717) is 6.04 Å². The summed E-state index contributed by atoms with van der Waals surface area (Å²) >= 11 is 1.88. The van der Waals surface area contributed by atoms with Crippen molar-refractivity contribution >= 4 is 11.8 Å². The third-order valence-electron chi connectivity index (χ3n) is 3.90. The van der Waals surface area contributed by atoms with E-state index >= 15 is 0 Å². The van der Waals surface area contributed by atoms with Gasteiger partial charge in [0.25, 0.3) is 0 Å². The highest BCUT2D eigenvalue weighted by Crippen LogP contribution is 2.23. The summed E-state index contributed by atoms with van der Waals surface area (Å²) in [6.07, 6.45) is 9.01. The van der Waals surface area contributed by atoms with Crippen molar-refractivity contribution in [2.24, 2.45) is 0 Å². The van der Waals surface area contributed by atoms with Crippen LogP contribution in [-0.2, 0) is 13.0 Å². The van der Waals surface area contributed by atoms with Gasteiger partial charge in [0.15, 0.2) is 5.16 Å². The number of nitrogens with one attached hydrogen (secondary N) is 1. The molecule has 0 radical (unpaired) electrons. The molecule has 3 heterocycles. The van der Waals surface area contributed by atoms with E-state index in [4.69, 9.17) is 0 Å². The van der Waals surface area contributed by atoms with Gasteiger partial charge in [-0.2, -0.15) is 0 Å². The van der Waals surface area contributed by atoms with Gasteiger partial charge in [-0.3, -0.25) is 0 Å². The van der Waals surface area contributed by atoms with E-state index in [9.17, 15) is 0 Å². The zero-order valence-electron chi connectivity index (χ0n) is 10.9. The van der Waals surface area contributed by atoms with Crippen molar-refractivity contribution in [1.82, 2.24) is 20.1 Å².